The van der Waals surface area contributed by atoms with E-state index in [1.54, 1.807) is 25.1 Å². The molecule has 0 radical (unpaired) electrons. The van der Waals surface area contributed by atoms with Crippen LogP contribution in [0.25, 0.3) is 11.0 Å². The Balaban J connectivity index is 1.57. The largest absolute Gasteiger partial charge is 0.482 e. The molecule has 0 fully saturated rings. The molecule has 2 aromatic carbocycles. The average molecular weight is 394 g/mol. The van der Waals surface area contributed by atoms with Crippen molar-refractivity contribution < 1.29 is 19.1 Å². The molecule has 1 amide bonds. The Morgan fingerprint density at radius 2 is 2.00 bits per heavy atom. The van der Waals surface area contributed by atoms with E-state index in [-0.39, 0.29) is 13.2 Å². The van der Waals surface area contributed by atoms with Crippen molar-refractivity contribution in [2.75, 3.05) is 13.2 Å². The number of aliphatic hydroxyl groups is 1. The molecule has 26 heavy (non-hydrogen) atoms. The number of rotatable bonds is 6. The molecule has 0 saturated heterocycles. The lowest BCUT2D eigenvalue weighted by Crippen LogP contribution is -2.40. The van der Waals surface area contributed by atoms with Gasteiger partial charge in [0, 0.05) is 10.4 Å². The van der Waals surface area contributed by atoms with Crippen molar-refractivity contribution >= 4 is 40.1 Å². The van der Waals surface area contributed by atoms with Crippen molar-refractivity contribution in [3.63, 3.8) is 0 Å². The first-order valence-corrected chi connectivity index (χ1v) is 8.67. The van der Waals surface area contributed by atoms with Gasteiger partial charge >= 0.3 is 0 Å². The molecule has 5 nitrogen and oxygen atoms in total. The highest BCUT2D eigenvalue weighted by Gasteiger charge is 2.28. The smallest absolute Gasteiger partial charge is 0.258 e. The SMILES string of the molecule is CC(O)(CNC(=O)COc1ccc(Cl)cc1Cl)c1cc2ccccc2o1. The van der Waals surface area contributed by atoms with Gasteiger partial charge in [0.25, 0.3) is 5.91 Å². The summed E-state index contributed by atoms with van der Waals surface area (Å²) in [5.41, 5.74) is -0.679. The van der Waals surface area contributed by atoms with Gasteiger partial charge in [-0.05, 0) is 37.3 Å². The molecule has 7 heteroatoms. The summed E-state index contributed by atoms with van der Waals surface area (Å²) in [5.74, 6) is 0.336. The number of carbonyl (C=O) groups excluding carboxylic acids is 1. The van der Waals surface area contributed by atoms with Gasteiger partial charge < -0.3 is 19.6 Å². The summed E-state index contributed by atoms with van der Waals surface area (Å²) >= 11 is 11.8. The summed E-state index contributed by atoms with van der Waals surface area (Å²) < 4.78 is 11.0. The van der Waals surface area contributed by atoms with Crippen LogP contribution in [0.2, 0.25) is 10.0 Å². The molecule has 0 bridgehead atoms. The molecule has 0 aliphatic heterocycles. The zero-order chi connectivity index (χ0) is 18.7. The minimum Gasteiger partial charge on any atom is -0.482 e. The zero-order valence-electron chi connectivity index (χ0n) is 14.0. The summed E-state index contributed by atoms with van der Waals surface area (Å²) in [7, 11) is 0. The molecule has 0 aliphatic carbocycles. The van der Waals surface area contributed by atoms with E-state index in [9.17, 15) is 9.90 Å². The van der Waals surface area contributed by atoms with E-state index in [1.165, 1.54) is 6.07 Å². The number of hydrogen-bond donors (Lipinski definition) is 2. The van der Waals surface area contributed by atoms with Gasteiger partial charge in [0.05, 0.1) is 11.6 Å². The van der Waals surface area contributed by atoms with Gasteiger partial charge in [-0.1, -0.05) is 41.4 Å². The third-order valence-corrected chi connectivity index (χ3v) is 4.37. The summed E-state index contributed by atoms with van der Waals surface area (Å²) in [6.07, 6.45) is 0. The fourth-order valence-corrected chi connectivity index (χ4v) is 2.85. The van der Waals surface area contributed by atoms with E-state index >= 15 is 0 Å². The number of para-hydroxylation sites is 1. The number of ether oxygens (including phenoxy) is 1. The van der Waals surface area contributed by atoms with Crippen molar-refractivity contribution in [3.05, 3.63) is 64.3 Å². The van der Waals surface area contributed by atoms with Crippen LogP contribution >= 0.6 is 23.2 Å². The second-order valence-corrected chi connectivity index (χ2v) is 6.91. The van der Waals surface area contributed by atoms with Gasteiger partial charge in [0.2, 0.25) is 0 Å². The fraction of sp³-hybridized carbons (Fsp3) is 0.211. The van der Waals surface area contributed by atoms with Gasteiger partial charge in [-0.2, -0.15) is 0 Å². The van der Waals surface area contributed by atoms with Crippen LogP contribution in [0.4, 0.5) is 0 Å². The minimum absolute atomic E-state index is 0.0244. The number of furan rings is 1. The van der Waals surface area contributed by atoms with Gasteiger partial charge in [0.1, 0.15) is 22.7 Å². The van der Waals surface area contributed by atoms with Gasteiger partial charge in [-0.3, -0.25) is 4.79 Å². The van der Waals surface area contributed by atoms with E-state index in [1.807, 2.05) is 24.3 Å². The predicted molar refractivity (Wildman–Crippen MR) is 101 cm³/mol. The molecule has 3 aromatic rings. The number of fused-ring (bicyclic) bond motifs is 1. The van der Waals surface area contributed by atoms with Crippen LogP contribution in [0.1, 0.15) is 12.7 Å². The third kappa shape index (κ3) is 4.30. The molecule has 0 aliphatic rings. The summed E-state index contributed by atoms with van der Waals surface area (Å²) in [4.78, 5) is 12.0. The second-order valence-electron chi connectivity index (χ2n) is 6.06. The number of amides is 1. The van der Waals surface area contributed by atoms with E-state index in [2.05, 4.69) is 5.32 Å². The van der Waals surface area contributed by atoms with Crippen molar-refractivity contribution in [3.8, 4) is 5.75 Å². The highest BCUT2D eigenvalue weighted by atomic mass is 35.5. The van der Waals surface area contributed by atoms with E-state index < -0.39 is 11.5 Å². The highest BCUT2D eigenvalue weighted by molar-refractivity contribution is 6.35. The molecule has 1 unspecified atom stereocenters. The van der Waals surface area contributed by atoms with Crippen LogP contribution < -0.4 is 10.1 Å². The number of benzene rings is 2. The maximum atomic E-state index is 12.0. The number of hydrogen-bond acceptors (Lipinski definition) is 4. The Hall–Kier alpha value is -2.21. The number of nitrogens with one attached hydrogen (secondary N) is 1. The first-order chi connectivity index (χ1) is 12.3. The Labute approximate surface area is 160 Å². The third-order valence-electron chi connectivity index (χ3n) is 3.84. The topological polar surface area (TPSA) is 71.7 Å². The van der Waals surface area contributed by atoms with Crippen molar-refractivity contribution in [2.45, 2.75) is 12.5 Å². The first kappa shape index (κ1) is 18.6. The Kier molecular flexibility index (Phi) is 5.41. The Morgan fingerprint density at radius 3 is 2.73 bits per heavy atom. The molecular formula is C19H17Cl2NO4. The molecular weight excluding hydrogens is 377 g/mol. The minimum atomic E-state index is -1.35. The Morgan fingerprint density at radius 1 is 1.23 bits per heavy atom. The normalized spacial score (nSPS) is 13.4. The number of halogens is 2. The second kappa shape index (κ2) is 7.58. The Bertz CT molecular complexity index is 903. The summed E-state index contributed by atoms with van der Waals surface area (Å²) in [5, 5.41) is 14.9. The predicted octanol–water partition coefficient (Wildman–Crippen LogP) is 4.14. The molecule has 1 aromatic heterocycles. The van der Waals surface area contributed by atoms with Crippen LogP contribution in [0.3, 0.4) is 0 Å². The van der Waals surface area contributed by atoms with E-state index in [4.69, 9.17) is 32.4 Å². The van der Waals surface area contributed by atoms with Crippen molar-refractivity contribution in [1.29, 1.82) is 0 Å². The lowest BCUT2D eigenvalue weighted by atomic mass is 10.0. The molecule has 1 atom stereocenters. The molecule has 0 saturated carbocycles. The monoisotopic (exact) mass is 393 g/mol. The fourth-order valence-electron chi connectivity index (χ4n) is 2.39. The van der Waals surface area contributed by atoms with E-state index in [0.29, 0.717) is 27.1 Å². The lowest BCUT2D eigenvalue weighted by Gasteiger charge is -2.21. The van der Waals surface area contributed by atoms with Gasteiger partial charge in [0.15, 0.2) is 6.61 Å². The molecule has 1 heterocycles. The quantitative estimate of drug-likeness (QED) is 0.659. The summed E-state index contributed by atoms with van der Waals surface area (Å²) in [6.45, 7) is 1.31. The molecule has 0 spiro atoms. The maximum Gasteiger partial charge on any atom is 0.258 e. The molecule has 136 valence electrons. The van der Waals surface area contributed by atoms with Gasteiger partial charge in [-0.15, -0.1) is 0 Å². The van der Waals surface area contributed by atoms with Crippen LogP contribution in [0.5, 0.6) is 5.75 Å². The standard InChI is InChI=1S/C19H17Cl2NO4/c1-19(24,17-8-12-4-2-3-5-15(12)26-17)11-22-18(23)10-25-16-7-6-13(20)9-14(16)21/h2-9,24H,10-11H2,1H3,(H,22,23). The maximum absolute atomic E-state index is 12.0. The van der Waals surface area contributed by atoms with Crippen LogP contribution in [-0.4, -0.2) is 24.2 Å². The van der Waals surface area contributed by atoms with Crippen LogP contribution in [0, 0.1) is 0 Å². The van der Waals surface area contributed by atoms with Crippen molar-refractivity contribution in [1.82, 2.24) is 5.32 Å². The zero-order valence-corrected chi connectivity index (χ0v) is 15.5. The molecule has 2 N–H and O–H groups in total. The average Bonchev–Trinajstić information content (AvgIpc) is 3.04. The summed E-state index contributed by atoms with van der Waals surface area (Å²) in [6, 6.07) is 13.9. The van der Waals surface area contributed by atoms with E-state index in [0.717, 1.165) is 5.39 Å². The van der Waals surface area contributed by atoms with Crippen LogP contribution in [-0.2, 0) is 10.4 Å². The highest BCUT2D eigenvalue weighted by Crippen LogP contribution is 2.28. The van der Waals surface area contributed by atoms with Gasteiger partial charge in [-0.25, -0.2) is 0 Å². The molecule has 3 rings (SSSR count). The van der Waals surface area contributed by atoms with Crippen LogP contribution in [0.15, 0.2) is 52.9 Å². The first-order valence-electron chi connectivity index (χ1n) is 7.91. The van der Waals surface area contributed by atoms with Crippen molar-refractivity contribution in [2.24, 2.45) is 0 Å². The number of carbonyl (C=O) groups is 1. The lowest BCUT2D eigenvalue weighted by molar-refractivity contribution is -0.124.